The minimum Gasteiger partial charge on any atom is -0.493 e. The van der Waals surface area contributed by atoms with E-state index in [4.69, 9.17) is 9.15 Å². The lowest BCUT2D eigenvalue weighted by molar-refractivity contribution is 0.231. The van der Waals surface area contributed by atoms with Gasteiger partial charge in [0.15, 0.2) is 11.3 Å². The Hall–Kier alpha value is -2.30. The molecule has 120 valence electrons. The number of furan rings is 1. The summed E-state index contributed by atoms with van der Waals surface area (Å²) in [5.41, 5.74) is 1.80. The molecule has 2 atom stereocenters. The third-order valence-electron chi connectivity index (χ3n) is 4.01. The van der Waals surface area contributed by atoms with E-state index in [-0.39, 0.29) is 18.7 Å². The van der Waals surface area contributed by atoms with Gasteiger partial charge in [-0.1, -0.05) is 42.5 Å². The van der Waals surface area contributed by atoms with Crippen LogP contribution in [0.25, 0.3) is 11.0 Å². The van der Waals surface area contributed by atoms with Gasteiger partial charge in [0.1, 0.15) is 5.76 Å². The van der Waals surface area contributed by atoms with Crippen LogP contribution >= 0.6 is 0 Å². The molecule has 2 aromatic carbocycles. The highest BCUT2D eigenvalue weighted by Crippen LogP contribution is 2.31. The maximum absolute atomic E-state index is 9.68. The van der Waals surface area contributed by atoms with Crippen molar-refractivity contribution in [3.05, 3.63) is 65.9 Å². The lowest BCUT2D eigenvalue weighted by atomic mass is 10.1. The average molecular weight is 311 g/mol. The first-order valence-electron chi connectivity index (χ1n) is 7.71. The van der Waals surface area contributed by atoms with E-state index in [0.29, 0.717) is 0 Å². The van der Waals surface area contributed by atoms with E-state index in [2.05, 4.69) is 5.32 Å². The molecule has 3 rings (SSSR count). The highest BCUT2D eigenvalue weighted by molar-refractivity contribution is 5.83. The lowest BCUT2D eigenvalue weighted by Gasteiger charge is -2.20. The van der Waals surface area contributed by atoms with Crippen LogP contribution in [-0.2, 0) is 0 Å². The molecule has 0 aliphatic rings. The Bertz CT molecular complexity index is 767. The van der Waals surface area contributed by atoms with E-state index >= 15 is 0 Å². The van der Waals surface area contributed by atoms with E-state index in [1.165, 1.54) is 0 Å². The molecule has 4 heteroatoms. The van der Waals surface area contributed by atoms with Gasteiger partial charge in [-0.25, -0.2) is 0 Å². The Morgan fingerprint density at radius 2 is 1.91 bits per heavy atom. The number of hydrogen-bond acceptors (Lipinski definition) is 4. The summed E-state index contributed by atoms with van der Waals surface area (Å²) in [6, 6.07) is 17.6. The highest BCUT2D eigenvalue weighted by Gasteiger charge is 2.18. The van der Waals surface area contributed by atoms with Crippen molar-refractivity contribution in [3.8, 4) is 5.75 Å². The van der Waals surface area contributed by atoms with Crippen LogP contribution in [0.4, 0.5) is 0 Å². The highest BCUT2D eigenvalue weighted by atomic mass is 16.5. The van der Waals surface area contributed by atoms with Crippen LogP contribution in [0.2, 0.25) is 0 Å². The fourth-order valence-corrected chi connectivity index (χ4v) is 2.75. The number of fused-ring (bicyclic) bond motifs is 1. The predicted octanol–water partition coefficient (Wildman–Crippen LogP) is 3.83. The Morgan fingerprint density at radius 3 is 2.61 bits per heavy atom. The van der Waals surface area contributed by atoms with E-state index in [1.807, 2.05) is 61.5 Å². The number of methoxy groups -OCH3 is 1. The average Bonchev–Trinajstić information content (AvgIpc) is 3.04. The Kier molecular flexibility index (Phi) is 4.65. The van der Waals surface area contributed by atoms with Gasteiger partial charge >= 0.3 is 0 Å². The van der Waals surface area contributed by atoms with Crippen LogP contribution in [0.1, 0.15) is 30.3 Å². The van der Waals surface area contributed by atoms with Crippen molar-refractivity contribution >= 4 is 11.0 Å². The van der Waals surface area contributed by atoms with Gasteiger partial charge in [-0.2, -0.15) is 0 Å². The second kappa shape index (κ2) is 6.86. The van der Waals surface area contributed by atoms with Gasteiger partial charge in [0.25, 0.3) is 0 Å². The third kappa shape index (κ3) is 3.23. The van der Waals surface area contributed by atoms with Crippen molar-refractivity contribution in [2.75, 3.05) is 13.7 Å². The molecule has 0 aliphatic carbocycles. The molecule has 1 heterocycles. The molecule has 0 bridgehead atoms. The Balaban J connectivity index is 1.84. The molecule has 0 amide bonds. The molecule has 0 fully saturated rings. The summed E-state index contributed by atoms with van der Waals surface area (Å²) in [5.74, 6) is 1.54. The zero-order chi connectivity index (χ0) is 16.2. The fourth-order valence-electron chi connectivity index (χ4n) is 2.75. The fraction of sp³-hybridized carbons (Fsp3) is 0.263. The van der Waals surface area contributed by atoms with Crippen molar-refractivity contribution < 1.29 is 14.3 Å². The molecular formula is C19H21NO3. The normalized spacial score (nSPS) is 13.9. The van der Waals surface area contributed by atoms with Gasteiger partial charge < -0.3 is 14.3 Å². The Labute approximate surface area is 135 Å². The smallest absolute Gasteiger partial charge is 0.176 e. The summed E-state index contributed by atoms with van der Waals surface area (Å²) < 4.78 is 11.3. The second-order valence-corrected chi connectivity index (χ2v) is 5.56. The van der Waals surface area contributed by atoms with Gasteiger partial charge in [-0.15, -0.1) is 0 Å². The van der Waals surface area contributed by atoms with Crippen molar-refractivity contribution in [2.45, 2.75) is 19.0 Å². The summed E-state index contributed by atoms with van der Waals surface area (Å²) in [6.07, 6.45) is 0. The maximum Gasteiger partial charge on any atom is 0.176 e. The van der Waals surface area contributed by atoms with Crippen LogP contribution in [0.3, 0.4) is 0 Å². The molecular weight excluding hydrogens is 290 g/mol. The quantitative estimate of drug-likeness (QED) is 0.726. The number of aliphatic hydroxyl groups excluding tert-OH is 1. The molecule has 4 nitrogen and oxygen atoms in total. The van der Waals surface area contributed by atoms with Crippen LogP contribution in [0.15, 0.2) is 59.0 Å². The minimum atomic E-state index is -0.138. The standard InChI is InChI=1S/C19H21NO3/c1-13(20-16(12-21)14-7-4-3-5-8-14)18-11-15-9-6-10-17(22-2)19(15)23-18/h3-11,13,16,20-21H,12H2,1-2H3/t13?,16-/m1/s1. The molecule has 1 unspecified atom stereocenters. The van der Waals surface area contributed by atoms with Crippen molar-refractivity contribution in [1.82, 2.24) is 5.32 Å². The summed E-state index contributed by atoms with van der Waals surface area (Å²) >= 11 is 0. The molecule has 3 aromatic rings. The van der Waals surface area contributed by atoms with Crippen molar-refractivity contribution in [1.29, 1.82) is 0 Å². The zero-order valence-corrected chi connectivity index (χ0v) is 13.3. The number of nitrogens with one attached hydrogen (secondary N) is 1. The minimum absolute atomic E-state index is 0.0257. The molecule has 2 N–H and O–H groups in total. The summed E-state index contributed by atoms with van der Waals surface area (Å²) in [4.78, 5) is 0. The van der Waals surface area contributed by atoms with Crippen LogP contribution in [0.5, 0.6) is 5.75 Å². The molecule has 23 heavy (non-hydrogen) atoms. The van der Waals surface area contributed by atoms with Gasteiger partial charge in [0.2, 0.25) is 0 Å². The first-order valence-corrected chi connectivity index (χ1v) is 7.71. The van der Waals surface area contributed by atoms with Crippen LogP contribution in [-0.4, -0.2) is 18.8 Å². The van der Waals surface area contributed by atoms with E-state index in [1.54, 1.807) is 7.11 Å². The summed E-state index contributed by atoms with van der Waals surface area (Å²) in [7, 11) is 1.63. The van der Waals surface area contributed by atoms with Crippen LogP contribution in [0, 0.1) is 0 Å². The summed E-state index contributed by atoms with van der Waals surface area (Å²) in [5, 5.41) is 14.1. The van der Waals surface area contributed by atoms with E-state index < -0.39 is 0 Å². The van der Waals surface area contributed by atoms with Crippen molar-refractivity contribution in [3.63, 3.8) is 0 Å². The molecule has 1 aromatic heterocycles. The number of ether oxygens (including phenoxy) is 1. The molecule has 0 aliphatic heterocycles. The predicted molar refractivity (Wildman–Crippen MR) is 90.6 cm³/mol. The van der Waals surface area contributed by atoms with Gasteiger partial charge in [0.05, 0.1) is 25.8 Å². The molecule has 0 spiro atoms. The monoisotopic (exact) mass is 311 g/mol. The molecule has 0 radical (unpaired) electrons. The maximum atomic E-state index is 9.68. The topological polar surface area (TPSA) is 54.6 Å². The number of aliphatic hydroxyl groups is 1. The lowest BCUT2D eigenvalue weighted by Crippen LogP contribution is -2.27. The number of hydrogen-bond donors (Lipinski definition) is 2. The summed E-state index contributed by atoms with van der Waals surface area (Å²) in [6.45, 7) is 2.05. The van der Waals surface area contributed by atoms with Crippen LogP contribution < -0.4 is 10.1 Å². The zero-order valence-electron chi connectivity index (χ0n) is 13.3. The van der Waals surface area contributed by atoms with E-state index in [0.717, 1.165) is 28.0 Å². The van der Waals surface area contributed by atoms with Crippen molar-refractivity contribution in [2.24, 2.45) is 0 Å². The van der Waals surface area contributed by atoms with Gasteiger partial charge in [0, 0.05) is 5.39 Å². The largest absolute Gasteiger partial charge is 0.493 e. The Morgan fingerprint density at radius 1 is 1.13 bits per heavy atom. The number of benzene rings is 2. The second-order valence-electron chi connectivity index (χ2n) is 5.56. The SMILES string of the molecule is COc1cccc2cc(C(C)N[C@H](CO)c3ccccc3)oc12. The molecule has 0 saturated heterocycles. The van der Waals surface area contributed by atoms with Gasteiger partial charge in [-0.3, -0.25) is 5.32 Å². The molecule has 0 saturated carbocycles. The van der Waals surface area contributed by atoms with E-state index in [9.17, 15) is 5.11 Å². The first kappa shape index (κ1) is 15.6. The number of para-hydroxylation sites is 1. The van der Waals surface area contributed by atoms with Gasteiger partial charge in [-0.05, 0) is 24.6 Å². The third-order valence-corrected chi connectivity index (χ3v) is 4.01. The number of rotatable bonds is 6. The first-order chi connectivity index (χ1) is 11.2.